The second kappa shape index (κ2) is 7.90. The van der Waals surface area contributed by atoms with Crippen LogP contribution in [0.25, 0.3) is 0 Å². The van der Waals surface area contributed by atoms with E-state index in [1.807, 2.05) is 6.92 Å². The molecular weight excluding hydrogens is 314 g/mol. The van der Waals surface area contributed by atoms with Gasteiger partial charge in [0.15, 0.2) is 0 Å². The topological polar surface area (TPSA) is 92.5 Å². The lowest BCUT2D eigenvalue weighted by atomic mass is 10.1. The number of likely N-dealkylation sites (tertiary alicyclic amines) is 1. The van der Waals surface area contributed by atoms with Crippen molar-refractivity contribution in [3.63, 3.8) is 0 Å². The van der Waals surface area contributed by atoms with Gasteiger partial charge in [-0.15, -0.1) is 0 Å². The number of nitrogens with one attached hydrogen (secondary N) is 1. The normalized spacial score (nSPS) is 17.7. The van der Waals surface area contributed by atoms with Crippen LogP contribution in [0, 0.1) is 0 Å². The fraction of sp³-hybridized carbons (Fsp3) is 0.562. The molecule has 3 N–H and O–H groups in total. The molecule has 0 saturated carbocycles. The van der Waals surface area contributed by atoms with Crippen molar-refractivity contribution in [1.29, 1.82) is 0 Å². The van der Waals surface area contributed by atoms with Crippen LogP contribution in [0.2, 0.25) is 0 Å². The van der Waals surface area contributed by atoms with Gasteiger partial charge >= 0.3 is 0 Å². The van der Waals surface area contributed by atoms with Crippen LogP contribution in [0.3, 0.4) is 0 Å². The second-order valence-electron chi connectivity index (χ2n) is 6.00. The number of piperidine rings is 1. The first kappa shape index (κ1) is 17.9. The highest BCUT2D eigenvalue weighted by Gasteiger charge is 2.22. The summed E-state index contributed by atoms with van der Waals surface area (Å²) in [5.41, 5.74) is 0.961. The fourth-order valence-electron chi connectivity index (χ4n) is 2.80. The summed E-state index contributed by atoms with van der Waals surface area (Å²) >= 11 is 0. The Balaban J connectivity index is 1.78. The molecule has 1 amide bonds. The Morgan fingerprint density at radius 1 is 1.22 bits per heavy atom. The molecule has 0 aliphatic carbocycles. The Labute approximate surface area is 138 Å². The Morgan fingerprint density at radius 2 is 1.83 bits per heavy atom. The molecule has 1 saturated heterocycles. The summed E-state index contributed by atoms with van der Waals surface area (Å²) in [5, 5.41) is 8.01. The van der Waals surface area contributed by atoms with Crippen molar-refractivity contribution in [1.82, 2.24) is 10.2 Å². The van der Waals surface area contributed by atoms with E-state index in [1.54, 1.807) is 12.1 Å². The SMILES string of the molecule is C[C@H](C(=O)NCCc1ccc(S(N)(=O)=O)cc1)N1CCCCC1. The van der Waals surface area contributed by atoms with E-state index in [2.05, 4.69) is 10.2 Å². The van der Waals surface area contributed by atoms with Gasteiger partial charge in [0.05, 0.1) is 10.9 Å². The van der Waals surface area contributed by atoms with Gasteiger partial charge in [-0.25, -0.2) is 13.6 Å². The number of primary sulfonamides is 1. The molecular formula is C16H25N3O3S. The molecule has 23 heavy (non-hydrogen) atoms. The highest BCUT2D eigenvalue weighted by atomic mass is 32.2. The van der Waals surface area contributed by atoms with Crippen molar-refractivity contribution in [3.8, 4) is 0 Å². The highest BCUT2D eigenvalue weighted by Crippen LogP contribution is 2.12. The van der Waals surface area contributed by atoms with E-state index < -0.39 is 10.0 Å². The molecule has 1 fully saturated rings. The third kappa shape index (κ3) is 5.30. The molecule has 2 rings (SSSR count). The summed E-state index contributed by atoms with van der Waals surface area (Å²) in [7, 11) is -3.65. The van der Waals surface area contributed by atoms with E-state index in [-0.39, 0.29) is 16.8 Å². The van der Waals surface area contributed by atoms with E-state index in [9.17, 15) is 13.2 Å². The minimum absolute atomic E-state index is 0.0491. The number of hydrogen-bond acceptors (Lipinski definition) is 4. The molecule has 7 heteroatoms. The zero-order valence-electron chi connectivity index (χ0n) is 13.5. The van der Waals surface area contributed by atoms with E-state index in [0.717, 1.165) is 31.5 Å². The van der Waals surface area contributed by atoms with Crippen LogP contribution in [0.15, 0.2) is 29.2 Å². The molecule has 1 atom stereocenters. The average molecular weight is 339 g/mol. The Hall–Kier alpha value is -1.44. The molecule has 1 aromatic carbocycles. The quantitative estimate of drug-likeness (QED) is 0.804. The van der Waals surface area contributed by atoms with Gasteiger partial charge in [-0.3, -0.25) is 9.69 Å². The van der Waals surface area contributed by atoms with Crippen LogP contribution in [0.5, 0.6) is 0 Å². The first-order valence-corrected chi connectivity index (χ1v) is 9.56. The van der Waals surface area contributed by atoms with Gasteiger partial charge in [0.2, 0.25) is 15.9 Å². The number of carbonyl (C=O) groups is 1. The molecule has 0 spiro atoms. The zero-order chi connectivity index (χ0) is 16.9. The van der Waals surface area contributed by atoms with Gasteiger partial charge in [-0.2, -0.15) is 0 Å². The molecule has 0 radical (unpaired) electrons. The lowest BCUT2D eigenvalue weighted by molar-refractivity contribution is -0.126. The molecule has 128 valence electrons. The van der Waals surface area contributed by atoms with Crippen molar-refractivity contribution >= 4 is 15.9 Å². The summed E-state index contributed by atoms with van der Waals surface area (Å²) in [4.78, 5) is 14.5. The van der Waals surface area contributed by atoms with E-state index in [1.165, 1.54) is 18.6 Å². The predicted octanol–water partition coefficient (Wildman–Crippen LogP) is 0.867. The Morgan fingerprint density at radius 3 is 2.39 bits per heavy atom. The maximum Gasteiger partial charge on any atom is 0.238 e. The minimum Gasteiger partial charge on any atom is -0.354 e. The van der Waals surface area contributed by atoms with Crippen molar-refractivity contribution in [2.45, 2.75) is 43.5 Å². The summed E-state index contributed by atoms with van der Waals surface area (Å²) < 4.78 is 22.4. The van der Waals surface area contributed by atoms with Gasteiger partial charge in [0, 0.05) is 6.54 Å². The van der Waals surface area contributed by atoms with E-state index >= 15 is 0 Å². The molecule has 1 aromatic rings. The number of rotatable bonds is 6. The maximum absolute atomic E-state index is 12.2. The predicted molar refractivity (Wildman–Crippen MR) is 89.4 cm³/mol. The molecule has 1 heterocycles. The molecule has 1 aliphatic heterocycles. The number of sulfonamides is 1. The van der Waals surface area contributed by atoms with E-state index in [4.69, 9.17) is 5.14 Å². The summed E-state index contributed by atoms with van der Waals surface area (Å²) in [6.07, 6.45) is 4.23. The summed E-state index contributed by atoms with van der Waals surface area (Å²) in [6.45, 7) is 4.46. The molecule has 0 aromatic heterocycles. The van der Waals surface area contributed by atoms with Crippen molar-refractivity contribution in [2.75, 3.05) is 19.6 Å². The molecule has 0 bridgehead atoms. The van der Waals surface area contributed by atoms with Crippen LogP contribution >= 0.6 is 0 Å². The zero-order valence-corrected chi connectivity index (χ0v) is 14.3. The van der Waals surface area contributed by atoms with Crippen LogP contribution in [-0.4, -0.2) is 44.9 Å². The molecule has 0 unspecified atom stereocenters. The minimum atomic E-state index is -3.65. The van der Waals surface area contributed by atoms with Gasteiger partial charge < -0.3 is 5.32 Å². The van der Waals surface area contributed by atoms with Gasteiger partial charge in [-0.1, -0.05) is 18.6 Å². The van der Waals surface area contributed by atoms with Crippen molar-refractivity contribution < 1.29 is 13.2 Å². The summed E-state index contributed by atoms with van der Waals surface area (Å²) in [6, 6.07) is 6.33. The number of nitrogens with two attached hydrogens (primary N) is 1. The van der Waals surface area contributed by atoms with Crippen LogP contribution in [0.1, 0.15) is 31.7 Å². The summed E-state index contributed by atoms with van der Waals surface area (Å²) in [5.74, 6) is 0.0491. The van der Waals surface area contributed by atoms with Crippen LogP contribution in [-0.2, 0) is 21.2 Å². The van der Waals surface area contributed by atoms with Gasteiger partial charge in [0.25, 0.3) is 0 Å². The van der Waals surface area contributed by atoms with Gasteiger partial charge in [0.1, 0.15) is 0 Å². The second-order valence-corrected chi connectivity index (χ2v) is 7.56. The maximum atomic E-state index is 12.2. The first-order chi connectivity index (χ1) is 10.9. The van der Waals surface area contributed by atoms with Crippen LogP contribution < -0.4 is 10.5 Å². The smallest absolute Gasteiger partial charge is 0.238 e. The number of hydrogen-bond donors (Lipinski definition) is 2. The Kier molecular flexibility index (Phi) is 6.15. The fourth-order valence-corrected chi connectivity index (χ4v) is 3.31. The third-order valence-corrected chi connectivity index (χ3v) is 5.21. The number of nitrogens with zero attached hydrogens (tertiary/aromatic N) is 1. The van der Waals surface area contributed by atoms with E-state index in [0.29, 0.717) is 13.0 Å². The Bertz CT molecular complexity index is 622. The molecule has 6 nitrogen and oxygen atoms in total. The van der Waals surface area contributed by atoms with Gasteiger partial charge in [-0.05, 0) is 57.0 Å². The monoisotopic (exact) mass is 339 g/mol. The number of carbonyl (C=O) groups excluding carboxylic acids is 1. The third-order valence-electron chi connectivity index (χ3n) is 4.28. The van der Waals surface area contributed by atoms with Crippen LogP contribution in [0.4, 0.5) is 0 Å². The highest BCUT2D eigenvalue weighted by molar-refractivity contribution is 7.89. The molecule has 1 aliphatic rings. The largest absolute Gasteiger partial charge is 0.354 e. The lowest BCUT2D eigenvalue weighted by Crippen LogP contribution is -2.47. The van der Waals surface area contributed by atoms with Crippen molar-refractivity contribution in [3.05, 3.63) is 29.8 Å². The average Bonchev–Trinajstić information content (AvgIpc) is 2.54. The number of amides is 1. The van der Waals surface area contributed by atoms with Crippen molar-refractivity contribution in [2.24, 2.45) is 5.14 Å². The first-order valence-electron chi connectivity index (χ1n) is 8.01. The number of benzene rings is 1. The lowest BCUT2D eigenvalue weighted by Gasteiger charge is -2.31. The standard InChI is InChI=1S/C16H25N3O3S/c1-13(19-11-3-2-4-12-19)16(20)18-10-9-14-5-7-15(8-6-14)23(17,21)22/h5-8,13H,2-4,9-12H2,1H3,(H,18,20)(H2,17,21,22)/t13-/m1/s1.